The molecular weight excluding hydrogens is 272 g/mol. The van der Waals surface area contributed by atoms with E-state index in [1.54, 1.807) is 0 Å². The van der Waals surface area contributed by atoms with Gasteiger partial charge in [-0.05, 0) is 23.8 Å². The molecule has 4 nitrogen and oxygen atoms in total. The molecule has 0 radical (unpaired) electrons. The smallest absolute Gasteiger partial charge is 0.282 e. The molecule has 5 heteroatoms. The molecule has 1 aromatic rings. The second kappa shape index (κ2) is 4.74. The van der Waals surface area contributed by atoms with Gasteiger partial charge >= 0.3 is 0 Å². The number of rotatable bonds is 1. The van der Waals surface area contributed by atoms with Crippen molar-refractivity contribution < 1.29 is 9.47 Å². The number of benzene rings is 1. The molecule has 2 rings (SSSR count). The molecule has 0 aliphatic carbocycles. The number of methoxy groups -OCH3 is 1. The zero-order chi connectivity index (χ0) is 11.5. The summed E-state index contributed by atoms with van der Waals surface area (Å²) in [6.07, 6.45) is 0.818. The third-order valence-corrected chi connectivity index (χ3v) is 2.92. The van der Waals surface area contributed by atoms with Gasteiger partial charge in [-0.3, -0.25) is 0 Å². The van der Waals surface area contributed by atoms with Gasteiger partial charge in [-0.15, -0.1) is 0 Å². The van der Waals surface area contributed by atoms with Crippen LogP contribution in [0.5, 0.6) is 5.75 Å². The molecule has 0 saturated heterocycles. The van der Waals surface area contributed by atoms with Crippen LogP contribution in [0.15, 0.2) is 27.7 Å². The van der Waals surface area contributed by atoms with Crippen molar-refractivity contribution in [1.82, 2.24) is 0 Å². The van der Waals surface area contributed by atoms with Gasteiger partial charge in [-0.25, -0.2) is 4.99 Å². The number of fused-ring (bicyclic) bond motifs is 1. The fourth-order valence-electron chi connectivity index (χ4n) is 1.66. The van der Waals surface area contributed by atoms with Crippen LogP contribution < -0.4 is 10.5 Å². The van der Waals surface area contributed by atoms with Crippen LogP contribution in [-0.2, 0) is 11.2 Å². The Labute approximate surface area is 103 Å². The summed E-state index contributed by atoms with van der Waals surface area (Å²) in [5.41, 5.74) is 6.65. The maximum Gasteiger partial charge on any atom is 0.282 e. The van der Waals surface area contributed by atoms with Gasteiger partial charge in [0.1, 0.15) is 12.4 Å². The van der Waals surface area contributed by atoms with E-state index in [1.165, 1.54) is 7.11 Å². The first-order valence-corrected chi connectivity index (χ1v) is 5.77. The highest BCUT2D eigenvalue weighted by Gasteiger charge is 2.19. The lowest BCUT2D eigenvalue weighted by molar-refractivity contribution is 0.261. The summed E-state index contributed by atoms with van der Waals surface area (Å²) in [7, 11) is 1.51. The van der Waals surface area contributed by atoms with Crippen LogP contribution in [0.4, 0.5) is 0 Å². The summed E-state index contributed by atoms with van der Waals surface area (Å²) in [6, 6.07) is 6.19. The summed E-state index contributed by atoms with van der Waals surface area (Å²) in [5.74, 6) is 0.922. The van der Waals surface area contributed by atoms with Gasteiger partial charge in [0.2, 0.25) is 0 Å². The minimum absolute atomic E-state index is 0.0294. The quantitative estimate of drug-likeness (QED) is 0.631. The standard InChI is InChI=1S/C11H13BrN2O2/c1-15-11(13)14-9-5-7-4-8(12)2-3-10(7)16-6-9/h2-4,9H,5-6H2,1H3,(H2,13,14). The molecule has 0 amide bonds. The molecule has 86 valence electrons. The molecule has 1 aliphatic rings. The van der Waals surface area contributed by atoms with Gasteiger partial charge in [0.25, 0.3) is 6.02 Å². The van der Waals surface area contributed by atoms with E-state index < -0.39 is 0 Å². The minimum atomic E-state index is 0.0294. The van der Waals surface area contributed by atoms with Crippen LogP contribution in [0.25, 0.3) is 0 Å². The van der Waals surface area contributed by atoms with Crippen molar-refractivity contribution in [2.45, 2.75) is 12.5 Å². The Morgan fingerprint density at radius 2 is 2.44 bits per heavy atom. The lowest BCUT2D eigenvalue weighted by Crippen LogP contribution is -2.28. The number of aliphatic imine (C=N–C) groups is 1. The second-order valence-electron chi connectivity index (χ2n) is 3.59. The molecule has 1 aliphatic heterocycles. The largest absolute Gasteiger partial charge is 0.491 e. The molecule has 1 aromatic carbocycles. The lowest BCUT2D eigenvalue weighted by atomic mass is 10.0. The molecule has 2 N–H and O–H groups in total. The van der Waals surface area contributed by atoms with Crippen molar-refractivity contribution in [3.05, 3.63) is 28.2 Å². The van der Waals surface area contributed by atoms with E-state index in [2.05, 4.69) is 20.9 Å². The van der Waals surface area contributed by atoms with Crippen molar-refractivity contribution in [3.8, 4) is 5.75 Å². The Bertz CT molecular complexity index is 420. The Morgan fingerprint density at radius 3 is 3.19 bits per heavy atom. The minimum Gasteiger partial charge on any atom is -0.491 e. The van der Waals surface area contributed by atoms with Crippen molar-refractivity contribution in [2.75, 3.05) is 13.7 Å². The van der Waals surface area contributed by atoms with Crippen LogP contribution in [0, 0.1) is 0 Å². The van der Waals surface area contributed by atoms with E-state index in [9.17, 15) is 0 Å². The molecular formula is C11H13BrN2O2. The normalized spacial score (nSPS) is 19.9. The zero-order valence-electron chi connectivity index (χ0n) is 8.94. The fraction of sp³-hybridized carbons (Fsp3) is 0.364. The van der Waals surface area contributed by atoms with Gasteiger partial charge in [0.15, 0.2) is 0 Å². The third-order valence-electron chi connectivity index (χ3n) is 2.43. The summed E-state index contributed by atoms with van der Waals surface area (Å²) in [4.78, 5) is 4.21. The highest BCUT2D eigenvalue weighted by molar-refractivity contribution is 9.10. The predicted molar refractivity (Wildman–Crippen MR) is 65.8 cm³/mol. The maximum atomic E-state index is 5.60. The molecule has 16 heavy (non-hydrogen) atoms. The summed E-state index contributed by atoms with van der Waals surface area (Å²) in [6.45, 7) is 0.540. The number of hydrogen-bond donors (Lipinski definition) is 1. The molecule has 1 heterocycles. The molecule has 0 fully saturated rings. The van der Waals surface area contributed by atoms with Crippen LogP contribution in [0.1, 0.15) is 5.56 Å². The number of halogens is 1. The molecule has 1 unspecified atom stereocenters. The predicted octanol–water partition coefficient (Wildman–Crippen LogP) is 1.71. The fourth-order valence-corrected chi connectivity index (χ4v) is 2.07. The van der Waals surface area contributed by atoms with Gasteiger partial charge in [0.05, 0.1) is 13.2 Å². The number of hydrogen-bond acceptors (Lipinski definition) is 3. The van der Waals surface area contributed by atoms with E-state index in [-0.39, 0.29) is 12.1 Å². The Kier molecular flexibility index (Phi) is 3.33. The second-order valence-corrected chi connectivity index (χ2v) is 4.51. The first-order valence-electron chi connectivity index (χ1n) is 4.97. The number of amidine groups is 1. The van der Waals surface area contributed by atoms with Gasteiger partial charge in [0, 0.05) is 10.9 Å². The molecule has 0 aromatic heterocycles. The topological polar surface area (TPSA) is 56.8 Å². The van der Waals surface area contributed by atoms with Gasteiger partial charge in [-0.2, -0.15) is 0 Å². The van der Waals surface area contributed by atoms with Crippen molar-refractivity contribution in [3.63, 3.8) is 0 Å². The Hall–Kier alpha value is -1.23. The number of nitrogens with zero attached hydrogens (tertiary/aromatic N) is 1. The number of nitrogens with two attached hydrogens (primary N) is 1. The van der Waals surface area contributed by atoms with Crippen molar-refractivity contribution in [1.29, 1.82) is 0 Å². The van der Waals surface area contributed by atoms with E-state index in [0.717, 1.165) is 22.2 Å². The van der Waals surface area contributed by atoms with E-state index in [0.29, 0.717) is 6.61 Å². The van der Waals surface area contributed by atoms with Gasteiger partial charge in [-0.1, -0.05) is 15.9 Å². The summed E-state index contributed by atoms with van der Waals surface area (Å²) < 4.78 is 11.5. The summed E-state index contributed by atoms with van der Waals surface area (Å²) in [5, 5.41) is 0. The summed E-state index contributed by atoms with van der Waals surface area (Å²) >= 11 is 3.43. The van der Waals surface area contributed by atoms with Gasteiger partial charge < -0.3 is 15.2 Å². The van der Waals surface area contributed by atoms with E-state index >= 15 is 0 Å². The third kappa shape index (κ3) is 2.47. The van der Waals surface area contributed by atoms with Crippen LogP contribution >= 0.6 is 15.9 Å². The average molecular weight is 285 g/mol. The Morgan fingerprint density at radius 1 is 1.62 bits per heavy atom. The van der Waals surface area contributed by atoms with Crippen LogP contribution in [0.3, 0.4) is 0 Å². The highest BCUT2D eigenvalue weighted by Crippen LogP contribution is 2.28. The molecule has 0 spiro atoms. The SMILES string of the molecule is COC(N)=NC1COc2ccc(Br)cc2C1. The van der Waals surface area contributed by atoms with E-state index in [1.807, 2.05) is 18.2 Å². The Balaban J connectivity index is 2.17. The highest BCUT2D eigenvalue weighted by atomic mass is 79.9. The monoisotopic (exact) mass is 284 g/mol. The average Bonchev–Trinajstić information content (AvgIpc) is 2.28. The van der Waals surface area contributed by atoms with E-state index in [4.69, 9.17) is 15.2 Å². The molecule has 0 saturated carbocycles. The van der Waals surface area contributed by atoms with Crippen molar-refractivity contribution in [2.24, 2.45) is 10.7 Å². The first-order chi connectivity index (χ1) is 7.69. The first kappa shape index (κ1) is 11.3. The van der Waals surface area contributed by atoms with Crippen molar-refractivity contribution >= 4 is 22.0 Å². The zero-order valence-corrected chi connectivity index (χ0v) is 10.5. The maximum absolute atomic E-state index is 5.60. The molecule has 0 bridgehead atoms. The van der Waals surface area contributed by atoms with Crippen LogP contribution in [-0.4, -0.2) is 25.8 Å². The number of ether oxygens (including phenoxy) is 2. The lowest BCUT2D eigenvalue weighted by Gasteiger charge is -2.22. The van der Waals surface area contributed by atoms with Crippen LogP contribution in [0.2, 0.25) is 0 Å². The molecule has 1 atom stereocenters.